The SMILES string of the molecule is CCOC(=O)c1c(-c2ccccc2)c2cc(OC)ccc2[nH]c1=O. The van der Waals surface area contributed by atoms with Gasteiger partial charge in [0.15, 0.2) is 0 Å². The molecule has 0 bridgehead atoms. The maximum Gasteiger partial charge on any atom is 0.344 e. The topological polar surface area (TPSA) is 68.4 Å². The predicted molar refractivity (Wildman–Crippen MR) is 92.5 cm³/mol. The number of benzene rings is 2. The van der Waals surface area contributed by atoms with Crippen LogP contribution in [0.1, 0.15) is 17.3 Å². The number of pyridine rings is 1. The highest BCUT2D eigenvalue weighted by Gasteiger charge is 2.22. The molecule has 1 heterocycles. The second-order valence-electron chi connectivity index (χ2n) is 5.20. The van der Waals surface area contributed by atoms with Gasteiger partial charge in [-0.15, -0.1) is 0 Å². The summed E-state index contributed by atoms with van der Waals surface area (Å²) in [5, 5.41) is 0.725. The van der Waals surface area contributed by atoms with Crippen LogP contribution in [0.15, 0.2) is 53.3 Å². The van der Waals surface area contributed by atoms with Crippen molar-refractivity contribution in [3.05, 3.63) is 64.4 Å². The van der Waals surface area contributed by atoms with Crippen molar-refractivity contribution in [2.45, 2.75) is 6.92 Å². The maximum atomic E-state index is 12.5. The third kappa shape index (κ3) is 2.76. The van der Waals surface area contributed by atoms with Crippen LogP contribution in [0, 0.1) is 0 Å². The number of carbonyl (C=O) groups is 1. The van der Waals surface area contributed by atoms with Gasteiger partial charge in [-0.05, 0) is 30.7 Å². The number of nitrogens with one attached hydrogen (secondary N) is 1. The van der Waals surface area contributed by atoms with Crippen LogP contribution in [0.3, 0.4) is 0 Å². The van der Waals surface area contributed by atoms with E-state index >= 15 is 0 Å². The van der Waals surface area contributed by atoms with E-state index in [9.17, 15) is 9.59 Å². The summed E-state index contributed by atoms with van der Waals surface area (Å²) in [6.45, 7) is 1.90. The molecule has 3 aromatic rings. The summed E-state index contributed by atoms with van der Waals surface area (Å²) in [5.74, 6) is 0.00358. The molecule has 0 spiro atoms. The van der Waals surface area contributed by atoms with E-state index in [0.717, 1.165) is 10.9 Å². The molecule has 0 aliphatic carbocycles. The summed E-state index contributed by atoms with van der Waals surface area (Å²) < 4.78 is 10.4. The van der Waals surface area contributed by atoms with Gasteiger partial charge in [-0.2, -0.15) is 0 Å². The highest BCUT2D eigenvalue weighted by molar-refractivity contribution is 6.07. The fraction of sp³-hybridized carbons (Fsp3) is 0.158. The second kappa shape index (κ2) is 6.58. The summed E-state index contributed by atoms with van der Waals surface area (Å²) in [6, 6.07) is 14.6. The molecular weight excluding hydrogens is 306 g/mol. The van der Waals surface area contributed by atoms with Crippen LogP contribution >= 0.6 is 0 Å². The van der Waals surface area contributed by atoms with Crippen LogP contribution in [0.25, 0.3) is 22.0 Å². The highest BCUT2D eigenvalue weighted by atomic mass is 16.5. The first-order valence-electron chi connectivity index (χ1n) is 7.62. The quantitative estimate of drug-likeness (QED) is 0.747. The average Bonchev–Trinajstić information content (AvgIpc) is 2.61. The Bertz CT molecular complexity index is 945. The van der Waals surface area contributed by atoms with Crippen molar-refractivity contribution >= 4 is 16.9 Å². The van der Waals surface area contributed by atoms with Crippen LogP contribution in [0.5, 0.6) is 5.75 Å². The number of hydrogen-bond donors (Lipinski definition) is 1. The normalized spacial score (nSPS) is 10.6. The van der Waals surface area contributed by atoms with Crippen molar-refractivity contribution in [3.63, 3.8) is 0 Å². The summed E-state index contributed by atoms with van der Waals surface area (Å²) in [6.07, 6.45) is 0. The van der Waals surface area contributed by atoms with Crippen molar-refractivity contribution in [3.8, 4) is 16.9 Å². The van der Waals surface area contributed by atoms with Gasteiger partial charge in [0.25, 0.3) is 5.56 Å². The van der Waals surface area contributed by atoms with Gasteiger partial charge in [0.1, 0.15) is 11.3 Å². The lowest BCUT2D eigenvalue weighted by Crippen LogP contribution is -2.21. The van der Waals surface area contributed by atoms with Crippen LogP contribution in [-0.2, 0) is 4.74 Å². The molecule has 0 atom stereocenters. The first-order valence-corrected chi connectivity index (χ1v) is 7.62. The zero-order chi connectivity index (χ0) is 17.1. The number of esters is 1. The molecule has 1 N–H and O–H groups in total. The van der Waals surface area contributed by atoms with Gasteiger partial charge >= 0.3 is 5.97 Å². The Morgan fingerprint density at radius 2 is 1.88 bits per heavy atom. The van der Waals surface area contributed by atoms with E-state index in [2.05, 4.69) is 4.98 Å². The standard InChI is InChI=1S/C19H17NO4/c1-3-24-19(22)17-16(12-7-5-4-6-8-12)14-11-13(23-2)9-10-15(14)20-18(17)21/h4-11H,3H2,1-2H3,(H,20,21). The van der Waals surface area contributed by atoms with Crippen LogP contribution in [0.2, 0.25) is 0 Å². The number of aromatic nitrogens is 1. The van der Waals surface area contributed by atoms with Gasteiger partial charge < -0.3 is 14.5 Å². The number of aromatic amines is 1. The number of fused-ring (bicyclic) bond motifs is 1. The molecule has 0 saturated heterocycles. The minimum atomic E-state index is -0.637. The Morgan fingerprint density at radius 3 is 2.54 bits per heavy atom. The number of methoxy groups -OCH3 is 1. The molecule has 0 radical (unpaired) electrons. The van der Waals surface area contributed by atoms with Crippen molar-refractivity contribution in [1.29, 1.82) is 0 Å². The molecule has 0 aliphatic rings. The molecule has 0 unspecified atom stereocenters. The maximum absolute atomic E-state index is 12.5. The van der Waals surface area contributed by atoms with Gasteiger partial charge in [-0.25, -0.2) is 4.79 Å². The molecular formula is C19H17NO4. The number of rotatable bonds is 4. The first kappa shape index (κ1) is 15.8. The van der Waals surface area contributed by atoms with Crippen LogP contribution in [0.4, 0.5) is 0 Å². The molecule has 0 amide bonds. The fourth-order valence-corrected chi connectivity index (χ4v) is 2.70. The zero-order valence-electron chi connectivity index (χ0n) is 13.5. The minimum Gasteiger partial charge on any atom is -0.497 e. The summed E-state index contributed by atoms with van der Waals surface area (Å²) in [5.41, 5.74) is 1.48. The van der Waals surface area contributed by atoms with E-state index in [4.69, 9.17) is 9.47 Å². The highest BCUT2D eigenvalue weighted by Crippen LogP contribution is 2.32. The monoisotopic (exact) mass is 323 g/mol. The molecule has 24 heavy (non-hydrogen) atoms. The lowest BCUT2D eigenvalue weighted by Gasteiger charge is -2.13. The average molecular weight is 323 g/mol. The van der Waals surface area contributed by atoms with Gasteiger partial charge in [0, 0.05) is 16.5 Å². The number of hydrogen-bond acceptors (Lipinski definition) is 4. The molecule has 0 saturated carbocycles. The van der Waals surface area contributed by atoms with Crippen molar-refractivity contribution < 1.29 is 14.3 Å². The van der Waals surface area contributed by atoms with E-state index in [1.54, 1.807) is 32.2 Å². The van der Waals surface area contributed by atoms with E-state index in [0.29, 0.717) is 16.8 Å². The largest absolute Gasteiger partial charge is 0.497 e. The third-order valence-corrected chi connectivity index (χ3v) is 3.76. The lowest BCUT2D eigenvalue weighted by molar-refractivity contribution is 0.0525. The predicted octanol–water partition coefficient (Wildman–Crippen LogP) is 3.38. The molecule has 0 fully saturated rings. The molecule has 0 aliphatic heterocycles. The minimum absolute atomic E-state index is 0.00352. The van der Waals surface area contributed by atoms with Crippen molar-refractivity contribution in [1.82, 2.24) is 4.98 Å². The van der Waals surface area contributed by atoms with E-state index < -0.39 is 11.5 Å². The third-order valence-electron chi connectivity index (χ3n) is 3.76. The second-order valence-corrected chi connectivity index (χ2v) is 5.20. The van der Waals surface area contributed by atoms with E-state index in [1.807, 2.05) is 30.3 Å². The van der Waals surface area contributed by atoms with Crippen LogP contribution in [-0.4, -0.2) is 24.7 Å². The van der Waals surface area contributed by atoms with Crippen LogP contribution < -0.4 is 10.3 Å². The Morgan fingerprint density at radius 1 is 1.12 bits per heavy atom. The van der Waals surface area contributed by atoms with Gasteiger partial charge in [0.05, 0.1) is 13.7 Å². The van der Waals surface area contributed by atoms with Gasteiger partial charge in [0.2, 0.25) is 0 Å². The fourth-order valence-electron chi connectivity index (χ4n) is 2.70. The lowest BCUT2D eigenvalue weighted by atomic mass is 9.96. The Kier molecular flexibility index (Phi) is 4.33. The first-order chi connectivity index (χ1) is 11.7. The Hall–Kier alpha value is -3.08. The summed E-state index contributed by atoms with van der Waals surface area (Å²) in [4.78, 5) is 27.6. The van der Waals surface area contributed by atoms with Gasteiger partial charge in [-0.1, -0.05) is 30.3 Å². The Labute approximate surface area is 138 Å². The van der Waals surface area contributed by atoms with E-state index in [-0.39, 0.29) is 12.2 Å². The smallest absolute Gasteiger partial charge is 0.344 e. The van der Waals surface area contributed by atoms with Gasteiger partial charge in [-0.3, -0.25) is 4.79 Å². The summed E-state index contributed by atoms with van der Waals surface area (Å²) in [7, 11) is 1.57. The molecule has 5 nitrogen and oxygen atoms in total. The van der Waals surface area contributed by atoms with E-state index in [1.165, 1.54) is 0 Å². The number of carbonyl (C=O) groups excluding carboxylic acids is 1. The van der Waals surface area contributed by atoms with Crippen molar-refractivity contribution in [2.24, 2.45) is 0 Å². The number of H-pyrrole nitrogens is 1. The molecule has 1 aromatic heterocycles. The molecule has 2 aromatic carbocycles. The van der Waals surface area contributed by atoms with Crippen molar-refractivity contribution in [2.75, 3.05) is 13.7 Å². The molecule has 122 valence electrons. The zero-order valence-corrected chi connectivity index (χ0v) is 13.5. The number of ether oxygens (including phenoxy) is 2. The molecule has 5 heteroatoms. The summed E-state index contributed by atoms with van der Waals surface area (Å²) >= 11 is 0. The molecule has 3 rings (SSSR count). The Balaban J connectivity index is 2.42.